The third-order valence-corrected chi connectivity index (χ3v) is 3.39. The number of halogens is 1. The van der Waals surface area contributed by atoms with Gasteiger partial charge in [0.25, 0.3) is 0 Å². The van der Waals surface area contributed by atoms with Gasteiger partial charge in [0.2, 0.25) is 0 Å². The Morgan fingerprint density at radius 3 is 2.68 bits per heavy atom. The molecule has 100 valence electrons. The average molecular weight is 277 g/mol. The van der Waals surface area contributed by atoms with E-state index in [0.717, 1.165) is 27.5 Å². The lowest BCUT2D eigenvalue weighted by atomic mass is 9.99. The lowest BCUT2D eigenvalue weighted by Crippen LogP contribution is -2.18. The van der Waals surface area contributed by atoms with Crippen molar-refractivity contribution in [1.82, 2.24) is 10.3 Å². The average Bonchev–Trinajstić information content (AvgIpc) is 2.42. The molecule has 0 saturated carbocycles. The molecule has 1 aromatic heterocycles. The maximum atomic E-state index is 6.33. The van der Waals surface area contributed by atoms with Gasteiger partial charge in [0.05, 0.1) is 19.3 Å². The molecule has 0 aliphatic carbocycles. The second-order valence-corrected chi connectivity index (χ2v) is 4.81. The monoisotopic (exact) mass is 276 g/mol. The zero-order valence-electron chi connectivity index (χ0n) is 11.3. The number of benzene rings is 1. The number of rotatable bonds is 4. The second-order valence-electron chi connectivity index (χ2n) is 4.40. The Hall–Kier alpha value is -1.58. The highest BCUT2D eigenvalue weighted by molar-refractivity contribution is 6.31. The van der Waals surface area contributed by atoms with Crippen LogP contribution in [0.25, 0.3) is 0 Å². The molecule has 1 unspecified atom stereocenters. The van der Waals surface area contributed by atoms with Crippen molar-refractivity contribution in [1.29, 1.82) is 0 Å². The first kappa shape index (κ1) is 13.8. The van der Waals surface area contributed by atoms with E-state index in [-0.39, 0.29) is 6.04 Å². The number of aryl methyl sites for hydroxylation is 1. The lowest BCUT2D eigenvalue weighted by molar-refractivity contribution is 0.411. The van der Waals surface area contributed by atoms with Gasteiger partial charge in [0.15, 0.2) is 0 Å². The van der Waals surface area contributed by atoms with E-state index in [2.05, 4.69) is 16.4 Å². The van der Waals surface area contributed by atoms with Gasteiger partial charge >= 0.3 is 0 Å². The van der Waals surface area contributed by atoms with Crippen LogP contribution in [0.2, 0.25) is 5.02 Å². The third-order valence-electron chi connectivity index (χ3n) is 3.06. The standard InChI is InChI=1S/C15H17ClN2O/c1-10-4-5-13(14(16)6-10)15(17-2)11-7-12(19-3)9-18-8-11/h4-9,15,17H,1-3H3. The van der Waals surface area contributed by atoms with Gasteiger partial charge in [-0.1, -0.05) is 23.7 Å². The van der Waals surface area contributed by atoms with Gasteiger partial charge in [0, 0.05) is 11.2 Å². The Balaban J connectivity index is 2.43. The van der Waals surface area contributed by atoms with Crippen molar-refractivity contribution >= 4 is 11.6 Å². The molecule has 0 spiro atoms. The number of nitrogens with zero attached hydrogens (tertiary/aromatic N) is 1. The summed E-state index contributed by atoms with van der Waals surface area (Å²) in [5.74, 6) is 0.737. The molecular formula is C15H17ClN2O. The zero-order chi connectivity index (χ0) is 13.8. The minimum absolute atomic E-state index is 0.00398. The highest BCUT2D eigenvalue weighted by atomic mass is 35.5. The molecule has 0 radical (unpaired) electrons. The number of aromatic nitrogens is 1. The summed E-state index contributed by atoms with van der Waals surface area (Å²) in [6.07, 6.45) is 3.51. The van der Waals surface area contributed by atoms with Crippen LogP contribution in [0.1, 0.15) is 22.7 Å². The first-order valence-electron chi connectivity index (χ1n) is 6.08. The van der Waals surface area contributed by atoms with Gasteiger partial charge in [-0.25, -0.2) is 0 Å². The molecule has 0 amide bonds. The molecule has 1 heterocycles. The van der Waals surface area contributed by atoms with E-state index in [0.29, 0.717) is 0 Å². The van der Waals surface area contributed by atoms with Crippen LogP contribution in [0.3, 0.4) is 0 Å². The summed E-state index contributed by atoms with van der Waals surface area (Å²) in [5.41, 5.74) is 3.20. The van der Waals surface area contributed by atoms with Crippen molar-refractivity contribution in [2.24, 2.45) is 0 Å². The number of hydrogen-bond donors (Lipinski definition) is 1. The summed E-state index contributed by atoms with van der Waals surface area (Å²) >= 11 is 6.33. The predicted molar refractivity (Wildman–Crippen MR) is 77.9 cm³/mol. The molecule has 0 saturated heterocycles. The maximum Gasteiger partial charge on any atom is 0.137 e. The van der Waals surface area contributed by atoms with Crippen LogP contribution < -0.4 is 10.1 Å². The number of methoxy groups -OCH3 is 1. The largest absolute Gasteiger partial charge is 0.495 e. The fourth-order valence-corrected chi connectivity index (χ4v) is 2.42. The van der Waals surface area contributed by atoms with Crippen molar-refractivity contribution in [3.63, 3.8) is 0 Å². The molecule has 3 nitrogen and oxygen atoms in total. The highest BCUT2D eigenvalue weighted by Gasteiger charge is 2.16. The molecule has 4 heteroatoms. The van der Waals surface area contributed by atoms with Crippen LogP contribution in [0, 0.1) is 6.92 Å². The minimum Gasteiger partial charge on any atom is -0.495 e. The summed E-state index contributed by atoms with van der Waals surface area (Å²) < 4.78 is 5.21. The van der Waals surface area contributed by atoms with E-state index < -0.39 is 0 Å². The first-order valence-corrected chi connectivity index (χ1v) is 6.45. The number of pyridine rings is 1. The number of nitrogens with one attached hydrogen (secondary N) is 1. The van der Waals surface area contributed by atoms with Crippen molar-refractivity contribution in [2.75, 3.05) is 14.2 Å². The molecule has 1 N–H and O–H groups in total. The van der Waals surface area contributed by atoms with Crippen LogP contribution in [0.4, 0.5) is 0 Å². The summed E-state index contributed by atoms with van der Waals surface area (Å²) in [6.45, 7) is 2.02. The third kappa shape index (κ3) is 3.06. The smallest absolute Gasteiger partial charge is 0.137 e. The Morgan fingerprint density at radius 1 is 1.26 bits per heavy atom. The van der Waals surface area contributed by atoms with Gasteiger partial charge < -0.3 is 10.1 Å². The fraction of sp³-hybridized carbons (Fsp3) is 0.267. The SMILES string of the molecule is CNC(c1cncc(OC)c1)c1ccc(C)cc1Cl. The van der Waals surface area contributed by atoms with E-state index in [4.69, 9.17) is 16.3 Å². The maximum absolute atomic E-state index is 6.33. The number of ether oxygens (including phenoxy) is 1. The Morgan fingerprint density at radius 2 is 2.05 bits per heavy atom. The van der Waals surface area contributed by atoms with Crippen molar-refractivity contribution in [3.8, 4) is 5.75 Å². The topological polar surface area (TPSA) is 34.2 Å². The Bertz CT molecular complexity index is 572. The molecule has 1 atom stereocenters. The fourth-order valence-electron chi connectivity index (χ4n) is 2.07. The van der Waals surface area contributed by atoms with E-state index in [1.165, 1.54) is 0 Å². The van der Waals surface area contributed by atoms with Gasteiger partial charge in [0.1, 0.15) is 5.75 Å². The Kier molecular flexibility index (Phi) is 4.40. The summed E-state index contributed by atoms with van der Waals surface area (Å²) in [4.78, 5) is 4.19. The van der Waals surface area contributed by atoms with E-state index in [1.807, 2.05) is 38.4 Å². The predicted octanol–water partition coefficient (Wildman–Crippen LogP) is 3.36. The summed E-state index contributed by atoms with van der Waals surface area (Å²) in [7, 11) is 3.54. The van der Waals surface area contributed by atoms with E-state index in [9.17, 15) is 0 Å². The lowest BCUT2D eigenvalue weighted by Gasteiger charge is -2.19. The zero-order valence-corrected chi connectivity index (χ0v) is 12.0. The molecule has 2 aromatic rings. The normalized spacial score (nSPS) is 12.2. The molecule has 0 aliphatic heterocycles. The van der Waals surface area contributed by atoms with Crippen LogP contribution in [0.15, 0.2) is 36.7 Å². The molecule has 0 bridgehead atoms. The second kappa shape index (κ2) is 6.04. The van der Waals surface area contributed by atoms with E-state index in [1.54, 1.807) is 13.3 Å². The minimum atomic E-state index is -0.00398. The Labute approximate surface area is 118 Å². The summed E-state index contributed by atoms with van der Waals surface area (Å²) in [5, 5.41) is 4.02. The van der Waals surface area contributed by atoms with Crippen LogP contribution in [-0.2, 0) is 0 Å². The van der Waals surface area contributed by atoms with Crippen LogP contribution >= 0.6 is 11.6 Å². The van der Waals surface area contributed by atoms with Gasteiger partial charge in [-0.05, 0) is 42.8 Å². The van der Waals surface area contributed by atoms with Gasteiger partial charge in [-0.2, -0.15) is 0 Å². The quantitative estimate of drug-likeness (QED) is 0.930. The molecule has 0 aliphatic rings. The first-order chi connectivity index (χ1) is 9.15. The molecule has 0 fully saturated rings. The van der Waals surface area contributed by atoms with Gasteiger partial charge in [-0.3, -0.25) is 4.98 Å². The number of hydrogen-bond acceptors (Lipinski definition) is 3. The van der Waals surface area contributed by atoms with Gasteiger partial charge in [-0.15, -0.1) is 0 Å². The molecule has 1 aromatic carbocycles. The van der Waals surface area contributed by atoms with Crippen molar-refractivity contribution < 1.29 is 4.74 Å². The molecule has 19 heavy (non-hydrogen) atoms. The molecule has 2 rings (SSSR count). The van der Waals surface area contributed by atoms with Crippen LogP contribution in [0.5, 0.6) is 5.75 Å². The van der Waals surface area contributed by atoms with E-state index >= 15 is 0 Å². The highest BCUT2D eigenvalue weighted by Crippen LogP contribution is 2.29. The van der Waals surface area contributed by atoms with Crippen molar-refractivity contribution in [2.45, 2.75) is 13.0 Å². The van der Waals surface area contributed by atoms with Crippen LogP contribution in [-0.4, -0.2) is 19.1 Å². The van der Waals surface area contributed by atoms with Crippen molar-refractivity contribution in [3.05, 3.63) is 58.4 Å². The molecular weight excluding hydrogens is 260 g/mol. The summed E-state index contributed by atoms with van der Waals surface area (Å²) in [6, 6.07) is 8.02.